The predicted molar refractivity (Wildman–Crippen MR) is 137 cm³/mol. The summed E-state index contributed by atoms with van der Waals surface area (Å²) in [5, 5.41) is 3.08. The first-order chi connectivity index (χ1) is 14.9. The van der Waals surface area contributed by atoms with Crippen molar-refractivity contribution < 1.29 is 0 Å². The van der Waals surface area contributed by atoms with Gasteiger partial charge in [-0.3, -0.25) is 0 Å². The second-order valence-corrected chi connectivity index (χ2v) is 10.4. The van der Waals surface area contributed by atoms with E-state index in [4.69, 9.17) is 0 Å². The molecule has 0 aromatic heterocycles. The molecule has 4 rings (SSSR count). The van der Waals surface area contributed by atoms with E-state index in [0.29, 0.717) is 0 Å². The van der Waals surface area contributed by atoms with Crippen LogP contribution in [-0.2, 0) is 0 Å². The Bertz CT molecular complexity index is 1140. The molecule has 1 aliphatic rings. The molecule has 0 saturated heterocycles. The highest BCUT2D eigenvalue weighted by Crippen LogP contribution is 2.34. The zero-order valence-corrected chi connectivity index (χ0v) is 20.5. The molecule has 31 heavy (non-hydrogen) atoms. The lowest BCUT2D eigenvalue weighted by molar-refractivity contribution is 0.924. The minimum absolute atomic E-state index is 0.719. The molecule has 0 nitrogen and oxygen atoms in total. The molecule has 3 aromatic rings. The van der Waals surface area contributed by atoms with Crippen LogP contribution < -0.4 is 5.19 Å². The average Bonchev–Trinajstić information content (AvgIpc) is 3.13. The van der Waals surface area contributed by atoms with Crippen LogP contribution in [0.3, 0.4) is 0 Å². The van der Waals surface area contributed by atoms with E-state index < -0.39 is 0 Å². The fourth-order valence-corrected chi connectivity index (χ4v) is 6.30. The second kappa shape index (κ2) is 9.24. The molecule has 1 heteroatoms. The van der Waals surface area contributed by atoms with E-state index in [9.17, 15) is 0 Å². The summed E-state index contributed by atoms with van der Waals surface area (Å²) >= 11 is 0. The molecule has 0 heterocycles. The SMILES string of the molecule is CCCC1=C([Si]c2cccc(-c3cc(C)cc(C)c3)c2-c2cc(C)cc(C)c2)CC=C1. The lowest BCUT2D eigenvalue weighted by Gasteiger charge is -2.18. The van der Waals surface area contributed by atoms with E-state index in [-0.39, 0.29) is 0 Å². The number of hydrogen-bond acceptors (Lipinski definition) is 0. The Kier molecular flexibility index (Phi) is 6.43. The Morgan fingerprint density at radius 3 is 2.00 bits per heavy atom. The number of aryl methyl sites for hydroxylation is 4. The van der Waals surface area contributed by atoms with Crippen molar-refractivity contribution in [2.45, 2.75) is 53.9 Å². The lowest BCUT2D eigenvalue weighted by Crippen LogP contribution is -2.20. The minimum Gasteiger partial charge on any atom is -0.0806 e. The number of hydrogen-bond donors (Lipinski definition) is 0. The van der Waals surface area contributed by atoms with Gasteiger partial charge in [0.15, 0.2) is 0 Å². The van der Waals surface area contributed by atoms with Crippen molar-refractivity contribution in [1.29, 1.82) is 0 Å². The van der Waals surface area contributed by atoms with Crippen LogP contribution in [0.25, 0.3) is 22.3 Å². The van der Waals surface area contributed by atoms with Crippen molar-refractivity contribution in [3.05, 3.63) is 99.8 Å². The van der Waals surface area contributed by atoms with Gasteiger partial charge in [0.25, 0.3) is 0 Å². The summed E-state index contributed by atoms with van der Waals surface area (Å²) in [6.07, 6.45) is 8.20. The van der Waals surface area contributed by atoms with E-state index in [1.165, 1.54) is 62.5 Å². The molecule has 0 spiro atoms. The quantitative estimate of drug-likeness (QED) is 0.360. The highest BCUT2D eigenvalue weighted by molar-refractivity contribution is 6.63. The van der Waals surface area contributed by atoms with E-state index in [1.807, 2.05) is 0 Å². The third-order valence-electron chi connectivity index (χ3n) is 5.94. The maximum Gasteiger partial charge on any atom is 0.117 e. The summed E-state index contributed by atoms with van der Waals surface area (Å²) < 4.78 is 0. The Balaban J connectivity index is 1.92. The molecule has 3 aromatic carbocycles. The maximum atomic E-state index is 2.36. The maximum absolute atomic E-state index is 2.36. The first kappa shape index (κ1) is 21.6. The van der Waals surface area contributed by atoms with Crippen molar-refractivity contribution in [2.75, 3.05) is 0 Å². The van der Waals surface area contributed by atoms with Crippen molar-refractivity contribution in [3.63, 3.8) is 0 Å². The summed E-state index contributed by atoms with van der Waals surface area (Å²) in [7, 11) is 0.719. The van der Waals surface area contributed by atoms with Gasteiger partial charge in [-0.25, -0.2) is 0 Å². The van der Waals surface area contributed by atoms with Crippen LogP contribution >= 0.6 is 0 Å². The van der Waals surface area contributed by atoms with Gasteiger partial charge >= 0.3 is 0 Å². The molecule has 1 aliphatic carbocycles. The fraction of sp³-hybridized carbons (Fsp3) is 0.267. The topological polar surface area (TPSA) is 0 Å². The Morgan fingerprint density at radius 2 is 1.39 bits per heavy atom. The van der Waals surface area contributed by atoms with Gasteiger partial charge in [-0.2, -0.15) is 0 Å². The van der Waals surface area contributed by atoms with Gasteiger partial charge in [-0.05, 0) is 62.8 Å². The largest absolute Gasteiger partial charge is 0.117 e. The van der Waals surface area contributed by atoms with Gasteiger partial charge in [-0.1, -0.05) is 118 Å². The first-order valence-corrected chi connectivity index (χ1v) is 12.4. The zero-order valence-electron chi connectivity index (χ0n) is 19.5. The molecular weight excluding hydrogens is 388 g/mol. The van der Waals surface area contributed by atoms with Gasteiger partial charge in [-0.15, -0.1) is 0 Å². The number of benzene rings is 3. The number of allylic oxidation sites excluding steroid dienone is 4. The molecule has 0 atom stereocenters. The van der Waals surface area contributed by atoms with Gasteiger partial charge in [0, 0.05) is 0 Å². The second-order valence-electron chi connectivity index (χ2n) is 8.97. The van der Waals surface area contributed by atoms with E-state index in [0.717, 1.165) is 15.9 Å². The standard InChI is InChI=1S/C30H32Si/c1-6-9-24-10-7-12-28(24)31-29-13-8-11-27(25-16-20(2)14-21(3)17-25)30(29)26-18-22(4)15-23(5)19-26/h7-8,10-11,13-19H,6,9,12H2,1-5H3. The minimum atomic E-state index is 0.719. The molecule has 2 radical (unpaired) electrons. The van der Waals surface area contributed by atoms with Gasteiger partial charge in [0.2, 0.25) is 0 Å². The normalized spacial score (nSPS) is 13.3. The van der Waals surface area contributed by atoms with Crippen LogP contribution in [-0.4, -0.2) is 9.52 Å². The van der Waals surface area contributed by atoms with Crippen LogP contribution in [0.1, 0.15) is 48.4 Å². The molecule has 0 fully saturated rings. The summed E-state index contributed by atoms with van der Waals surface area (Å²) in [5.41, 5.74) is 12.3. The van der Waals surface area contributed by atoms with E-state index in [1.54, 1.807) is 10.8 Å². The molecule has 0 N–H and O–H groups in total. The third-order valence-corrected chi connectivity index (χ3v) is 7.45. The highest BCUT2D eigenvalue weighted by atomic mass is 28.2. The van der Waals surface area contributed by atoms with E-state index >= 15 is 0 Å². The predicted octanol–water partition coefficient (Wildman–Crippen LogP) is 7.60. The van der Waals surface area contributed by atoms with Crippen molar-refractivity contribution >= 4 is 14.7 Å². The number of rotatable bonds is 6. The monoisotopic (exact) mass is 420 g/mol. The third kappa shape index (κ3) is 4.83. The van der Waals surface area contributed by atoms with Crippen molar-refractivity contribution in [3.8, 4) is 22.3 Å². The summed E-state index contributed by atoms with van der Waals surface area (Å²) in [5.74, 6) is 0. The lowest BCUT2D eigenvalue weighted by atomic mass is 9.91. The smallest absolute Gasteiger partial charge is 0.0806 e. The van der Waals surface area contributed by atoms with Crippen molar-refractivity contribution in [2.24, 2.45) is 0 Å². The molecular formula is C30H32Si. The molecule has 156 valence electrons. The summed E-state index contributed by atoms with van der Waals surface area (Å²) in [6, 6.07) is 20.8. The Hall–Kier alpha value is -2.64. The van der Waals surface area contributed by atoms with Crippen molar-refractivity contribution in [1.82, 2.24) is 0 Å². The molecule has 0 unspecified atom stereocenters. The average molecular weight is 421 g/mol. The van der Waals surface area contributed by atoms with Crippen LogP contribution in [0.4, 0.5) is 0 Å². The van der Waals surface area contributed by atoms with Crippen LogP contribution in [0.15, 0.2) is 77.5 Å². The molecule has 0 aliphatic heterocycles. The fourth-order valence-electron chi connectivity index (χ4n) is 4.81. The van der Waals surface area contributed by atoms with E-state index in [2.05, 4.69) is 101 Å². The zero-order chi connectivity index (χ0) is 22.0. The molecule has 0 amide bonds. The first-order valence-electron chi connectivity index (χ1n) is 11.4. The summed E-state index contributed by atoms with van der Waals surface area (Å²) in [4.78, 5) is 0. The Morgan fingerprint density at radius 1 is 0.774 bits per heavy atom. The van der Waals surface area contributed by atoms with Crippen LogP contribution in [0, 0.1) is 27.7 Å². The van der Waals surface area contributed by atoms with Crippen LogP contribution in [0.5, 0.6) is 0 Å². The van der Waals surface area contributed by atoms with Gasteiger partial charge in [0.05, 0.1) is 0 Å². The molecule has 0 bridgehead atoms. The van der Waals surface area contributed by atoms with Gasteiger partial charge < -0.3 is 0 Å². The summed E-state index contributed by atoms with van der Waals surface area (Å²) in [6.45, 7) is 11.1. The Labute approximate surface area is 190 Å². The van der Waals surface area contributed by atoms with Crippen LogP contribution in [0.2, 0.25) is 0 Å². The molecule has 0 saturated carbocycles. The highest BCUT2D eigenvalue weighted by Gasteiger charge is 2.18. The van der Waals surface area contributed by atoms with Gasteiger partial charge in [0.1, 0.15) is 9.52 Å².